The third-order valence-corrected chi connectivity index (χ3v) is 2.78. The van der Waals surface area contributed by atoms with Crippen LogP contribution in [0.1, 0.15) is 5.56 Å². The molecule has 0 atom stereocenters. The summed E-state index contributed by atoms with van der Waals surface area (Å²) in [6.07, 6.45) is 1.04. The number of nitrogens with one attached hydrogen (secondary N) is 2. The molecule has 0 aliphatic carbocycles. The number of nitrogens with zero attached hydrogens (tertiary/aromatic N) is 2. The van der Waals surface area contributed by atoms with Gasteiger partial charge in [0.25, 0.3) is 0 Å². The van der Waals surface area contributed by atoms with Crippen LogP contribution in [0.15, 0.2) is 24.4 Å². The number of hydrogen-bond acceptors (Lipinski definition) is 7. The van der Waals surface area contributed by atoms with Crippen LogP contribution in [0.5, 0.6) is 11.5 Å². The third kappa shape index (κ3) is 3.48. The number of ether oxygens (including phenoxy) is 2. The lowest BCUT2D eigenvalue weighted by atomic mass is 10.2. The lowest BCUT2D eigenvalue weighted by molar-refractivity contribution is 0.354. The van der Waals surface area contributed by atoms with Crippen molar-refractivity contribution < 1.29 is 13.9 Å². The van der Waals surface area contributed by atoms with E-state index in [9.17, 15) is 4.39 Å². The van der Waals surface area contributed by atoms with Crippen LogP contribution >= 0.6 is 0 Å². The van der Waals surface area contributed by atoms with E-state index < -0.39 is 5.82 Å². The smallest absolute Gasteiger partial charge is 0.239 e. The van der Waals surface area contributed by atoms with Gasteiger partial charge in [0.15, 0.2) is 23.1 Å². The summed E-state index contributed by atoms with van der Waals surface area (Å²) in [5, 5.41) is 2.87. The van der Waals surface area contributed by atoms with Gasteiger partial charge in [0.05, 0.1) is 20.4 Å². The highest BCUT2D eigenvalue weighted by Crippen LogP contribution is 2.27. The molecule has 21 heavy (non-hydrogen) atoms. The quantitative estimate of drug-likeness (QED) is 0.549. The monoisotopic (exact) mass is 293 g/mol. The van der Waals surface area contributed by atoms with Crippen LogP contribution in [0, 0.1) is 5.82 Å². The summed E-state index contributed by atoms with van der Waals surface area (Å²) >= 11 is 0. The summed E-state index contributed by atoms with van der Waals surface area (Å²) in [6, 6.07) is 5.42. The highest BCUT2D eigenvalue weighted by Gasteiger charge is 2.08. The Morgan fingerprint density at radius 2 is 2.00 bits per heavy atom. The maximum Gasteiger partial charge on any atom is 0.239 e. The van der Waals surface area contributed by atoms with Gasteiger partial charge in [-0.2, -0.15) is 4.98 Å². The Hall–Kier alpha value is -2.61. The summed E-state index contributed by atoms with van der Waals surface area (Å²) < 4.78 is 23.9. The Morgan fingerprint density at radius 1 is 1.24 bits per heavy atom. The van der Waals surface area contributed by atoms with Gasteiger partial charge in [-0.05, 0) is 17.7 Å². The number of rotatable bonds is 6. The van der Waals surface area contributed by atoms with Crippen molar-refractivity contribution in [3.8, 4) is 11.5 Å². The molecule has 1 heterocycles. The minimum absolute atomic E-state index is 0.0627. The van der Waals surface area contributed by atoms with E-state index in [2.05, 4.69) is 20.7 Å². The van der Waals surface area contributed by atoms with Crippen molar-refractivity contribution in [2.24, 2.45) is 5.84 Å². The van der Waals surface area contributed by atoms with Crippen molar-refractivity contribution in [2.45, 2.75) is 6.54 Å². The molecule has 0 saturated heterocycles. The normalized spacial score (nSPS) is 10.1. The van der Waals surface area contributed by atoms with E-state index in [0.29, 0.717) is 18.0 Å². The molecule has 7 nitrogen and oxygen atoms in total. The summed E-state index contributed by atoms with van der Waals surface area (Å²) in [4.78, 5) is 7.56. The van der Waals surface area contributed by atoms with E-state index in [1.807, 2.05) is 6.07 Å². The molecule has 4 N–H and O–H groups in total. The number of nitrogens with two attached hydrogens (primary N) is 1. The minimum atomic E-state index is -0.561. The summed E-state index contributed by atoms with van der Waals surface area (Å²) in [5.41, 5.74) is 3.14. The Labute approximate surface area is 121 Å². The van der Waals surface area contributed by atoms with E-state index >= 15 is 0 Å². The Balaban J connectivity index is 2.13. The first-order valence-corrected chi connectivity index (χ1v) is 6.12. The molecule has 0 radical (unpaired) electrons. The number of hydrogen-bond donors (Lipinski definition) is 3. The first-order chi connectivity index (χ1) is 10.2. The van der Waals surface area contributed by atoms with Gasteiger partial charge in [0.2, 0.25) is 5.95 Å². The van der Waals surface area contributed by atoms with Crippen molar-refractivity contribution in [3.63, 3.8) is 0 Å². The molecule has 8 heteroatoms. The number of aromatic nitrogens is 2. The van der Waals surface area contributed by atoms with Gasteiger partial charge in [-0.3, -0.25) is 5.43 Å². The molecule has 0 bridgehead atoms. The molecule has 0 spiro atoms. The molecule has 0 unspecified atom stereocenters. The molecule has 0 fully saturated rings. The second kappa shape index (κ2) is 6.71. The van der Waals surface area contributed by atoms with Gasteiger partial charge in [-0.15, -0.1) is 0 Å². The molecule has 0 aliphatic heterocycles. The average molecular weight is 293 g/mol. The van der Waals surface area contributed by atoms with Crippen molar-refractivity contribution >= 4 is 11.8 Å². The second-order valence-electron chi connectivity index (χ2n) is 4.08. The molecule has 2 rings (SSSR count). The maximum absolute atomic E-state index is 13.6. The highest BCUT2D eigenvalue weighted by atomic mass is 19.1. The van der Waals surface area contributed by atoms with Crippen LogP contribution in [0.25, 0.3) is 0 Å². The topological polar surface area (TPSA) is 94.3 Å². The number of halogens is 1. The summed E-state index contributed by atoms with van der Waals surface area (Å²) in [6.45, 7) is 0.359. The van der Waals surface area contributed by atoms with E-state index in [4.69, 9.17) is 15.3 Å². The zero-order valence-electron chi connectivity index (χ0n) is 11.7. The second-order valence-corrected chi connectivity index (χ2v) is 4.08. The first-order valence-electron chi connectivity index (χ1n) is 6.12. The molecular formula is C13H16FN5O2. The fourth-order valence-electron chi connectivity index (χ4n) is 1.74. The fraction of sp³-hybridized carbons (Fsp3) is 0.231. The Kier molecular flexibility index (Phi) is 4.72. The average Bonchev–Trinajstić information content (AvgIpc) is 2.53. The van der Waals surface area contributed by atoms with E-state index in [0.717, 1.165) is 11.8 Å². The van der Waals surface area contributed by atoms with Gasteiger partial charge in [0, 0.05) is 6.54 Å². The largest absolute Gasteiger partial charge is 0.493 e. The molecule has 2 aromatic rings. The first kappa shape index (κ1) is 14.8. The van der Waals surface area contributed by atoms with E-state index in [-0.39, 0.29) is 11.8 Å². The lowest BCUT2D eigenvalue weighted by Crippen LogP contribution is -2.13. The van der Waals surface area contributed by atoms with Gasteiger partial charge in [-0.25, -0.2) is 15.2 Å². The van der Waals surface area contributed by atoms with Gasteiger partial charge in [0.1, 0.15) is 0 Å². The van der Waals surface area contributed by atoms with Crippen molar-refractivity contribution in [1.29, 1.82) is 0 Å². The zero-order chi connectivity index (χ0) is 15.2. The summed E-state index contributed by atoms with van der Waals surface area (Å²) in [7, 11) is 3.12. The molecule has 112 valence electrons. The van der Waals surface area contributed by atoms with Gasteiger partial charge >= 0.3 is 0 Å². The van der Waals surface area contributed by atoms with Crippen LogP contribution in [-0.2, 0) is 6.54 Å². The van der Waals surface area contributed by atoms with Crippen molar-refractivity contribution in [3.05, 3.63) is 35.8 Å². The van der Waals surface area contributed by atoms with Crippen molar-refractivity contribution in [2.75, 3.05) is 25.0 Å². The van der Waals surface area contributed by atoms with E-state index in [1.54, 1.807) is 26.4 Å². The zero-order valence-corrected chi connectivity index (χ0v) is 11.7. The summed E-state index contributed by atoms with van der Waals surface area (Å²) in [5.74, 6) is 6.05. The fourth-order valence-corrected chi connectivity index (χ4v) is 1.74. The molecule has 1 aromatic carbocycles. The predicted molar refractivity (Wildman–Crippen MR) is 76.7 cm³/mol. The number of nitrogen functional groups attached to an aromatic ring is 1. The van der Waals surface area contributed by atoms with Gasteiger partial charge < -0.3 is 14.8 Å². The maximum atomic E-state index is 13.6. The number of methoxy groups -OCH3 is 2. The van der Waals surface area contributed by atoms with Crippen LogP contribution in [0.3, 0.4) is 0 Å². The molecule has 0 saturated carbocycles. The third-order valence-electron chi connectivity index (χ3n) is 2.78. The molecule has 1 aromatic heterocycles. The van der Waals surface area contributed by atoms with Crippen LogP contribution < -0.4 is 26.1 Å². The van der Waals surface area contributed by atoms with Gasteiger partial charge in [-0.1, -0.05) is 6.07 Å². The minimum Gasteiger partial charge on any atom is -0.493 e. The van der Waals surface area contributed by atoms with Crippen LogP contribution in [0.4, 0.5) is 16.2 Å². The number of hydrazine groups is 1. The van der Waals surface area contributed by atoms with Crippen LogP contribution in [0.2, 0.25) is 0 Å². The Bertz CT molecular complexity index is 624. The number of benzene rings is 1. The lowest BCUT2D eigenvalue weighted by Gasteiger charge is -2.11. The SMILES string of the molecule is COc1ccc(CNc2nc(NN)ncc2F)cc1OC. The molecule has 0 amide bonds. The molecular weight excluding hydrogens is 277 g/mol. The van der Waals surface area contributed by atoms with Crippen LogP contribution in [-0.4, -0.2) is 24.2 Å². The standard InChI is InChI=1S/C13H16FN5O2/c1-20-10-4-3-8(5-11(10)21-2)6-16-12-9(14)7-17-13(18-12)19-15/h3-5,7H,6,15H2,1-2H3,(H2,16,17,18,19). The van der Waals surface area contributed by atoms with Crippen molar-refractivity contribution in [1.82, 2.24) is 9.97 Å². The predicted octanol–water partition coefficient (Wildman–Crippen LogP) is 1.53. The van der Waals surface area contributed by atoms with E-state index in [1.165, 1.54) is 0 Å². The highest BCUT2D eigenvalue weighted by molar-refractivity contribution is 5.45. The Morgan fingerprint density at radius 3 is 2.67 bits per heavy atom. The number of anilines is 2. The molecule has 0 aliphatic rings.